The molecule has 4 nitrogen and oxygen atoms in total. The Labute approximate surface area is 124 Å². The number of nitrogen functional groups attached to an aromatic ring is 1. The van der Waals surface area contributed by atoms with E-state index in [0.29, 0.717) is 33.9 Å². The van der Waals surface area contributed by atoms with E-state index in [1.165, 1.54) is 0 Å². The minimum Gasteiger partial charge on any atom is -0.437 e. The first-order valence-corrected chi connectivity index (χ1v) is 6.84. The smallest absolute Gasteiger partial charge is 0.227 e. The van der Waals surface area contributed by atoms with E-state index >= 15 is 0 Å². The first kappa shape index (κ1) is 14.6. The van der Waals surface area contributed by atoms with Crippen molar-refractivity contribution in [2.45, 2.75) is 33.6 Å². The van der Waals surface area contributed by atoms with Gasteiger partial charge in [-0.15, -0.1) is 0 Å². The maximum absolute atomic E-state index is 6.14. The summed E-state index contributed by atoms with van der Waals surface area (Å²) in [5.41, 5.74) is 7.69. The normalized spacial score (nSPS) is 10.9. The third-order valence-electron chi connectivity index (χ3n) is 2.97. The lowest BCUT2D eigenvalue weighted by Gasteiger charge is -2.13. The van der Waals surface area contributed by atoms with E-state index in [2.05, 4.69) is 9.97 Å². The zero-order chi connectivity index (χ0) is 14.9. The number of aryl methyl sites for hydroxylation is 1. The van der Waals surface area contributed by atoms with Crippen molar-refractivity contribution in [1.29, 1.82) is 0 Å². The third-order valence-corrected chi connectivity index (χ3v) is 3.28. The number of rotatable bonds is 3. The Hall–Kier alpha value is -1.81. The van der Waals surface area contributed by atoms with Crippen LogP contribution in [-0.2, 0) is 0 Å². The van der Waals surface area contributed by atoms with Crippen molar-refractivity contribution in [2.24, 2.45) is 0 Å². The molecule has 1 aromatic heterocycles. The summed E-state index contributed by atoms with van der Waals surface area (Å²) in [6, 6.07) is 5.60. The Bertz CT molecular complexity index is 641. The van der Waals surface area contributed by atoms with E-state index < -0.39 is 0 Å². The van der Waals surface area contributed by atoms with Gasteiger partial charge in [0.15, 0.2) is 0 Å². The highest BCUT2D eigenvalue weighted by Crippen LogP contribution is 2.32. The summed E-state index contributed by atoms with van der Waals surface area (Å²) in [5, 5.41) is 0.540. The van der Waals surface area contributed by atoms with Gasteiger partial charge in [-0.2, -0.15) is 4.98 Å². The Morgan fingerprint density at radius 2 is 1.90 bits per heavy atom. The van der Waals surface area contributed by atoms with Crippen molar-refractivity contribution in [3.8, 4) is 11.6 Å². The highest BCUT2D eigenvalue weighted by molar-refractivity contribution is 6.32. The second-order valence-electron chi connectivity index (χ2n) is 5.09. The molecule has 0 fully saturated rings. The van der Waals surface area contributed by atoms with E-state index in [9.17, 15) is 0 Å². The number of hydrogen-bond donors (Lipinski definition) is 1. The molecule has 0 saturated heterocycles. The molecule has 0 amide bonds. The standard InChI is InChI=1S/C15H18ClN3O/c1-8(2)14-18-13(17)10(4)15(19-14)20-12-7-9(3)5-6-11(12)16/h5-8H,1-4H3,(H2,17,18,19). The summed E-state index contributed by atoms with van der Waals surface area (Å²) < 4.78 is 5.83. The van der Waals surface area contributed by atoms with Gasteiger partial charge in [-0.25, -0.2) is 4.98 Å². The summed E-state index contributed by atoms with van der Waals surface area (Å²) in [7, 11) is 0. The summed E-state index contributed by atoms with van der Waals surface area (Å²) >= 11 is 6.14. The number of nitrogens with zero attached hydrogens (tertiary/aromatic N) is 2. The van der Waals surface area contributed by atoms with Crippen molar-refractivity contribution in [2.75, 3.05) is 5.73 Å². The molecular formula is C15H18ClN3O. The molecule has 0 unspecified atom stereocenters. The molecule has 0 aliphatic carbocycles. The largest absolute Gasteiger partial charge is 0.437 e. The molecule has 0 radical (unpaired) electrons. The molecule has 0 aliphatic rings. The molecule has 0 aliphatic heterocycles. The van der Waals surface area contributed by atoms with Crippen molar-refractivity contribution >= 4 is 17.4 Å². The first-order valence-electron chi connectivity index (χ1n) is 6.46. The number of benzene rings is 1. The van der Waals surface area contributed by atoms with Gasteiger partial charge in [-0.05, 0) is 31.5 Å². The van der Waals surface area contributed by atoms with Crippen LogP contribution in [0.2, 0.25) is 5.02 Å². The zero-order valence-electron chi connectivity index (χ0n) is 12.1. The summed E-state index contributed by atoms with van der Waals surface area (Å²) in [4.78, 5) is 8.69. The van der Waals surface area contributed by atoms with Crippen molar-refractivity contribution in [1.82, 2.24) is 9.97 Å². The SMILES string of the molecule is Cc1ccc(Cl)c(Oc2nc(C(C)C)nc(N)c2C)c1. The van der Waals surface area contributed by atoms with Gasteiger partial charge in [0.2, 0.25) is 5.88 Å². The van der Waals surface area contributed by atoms with Crippen LogP contribution in [0.1, 0.15) is 36.7 Å². The Morgan fingerprint density at radius 3 is 2.55 bits per heavy atom. The van der Waals surface area contributed by atoms with Gasteiger partial charge in [-0.1, -0.05) is 31.5 Å². The predicted molar refractivity (Wildman–Crippen MR) is 81.5 cm³/mol. The van der Waals surface area contributed by atoms with Crippen LogP contribution in [0.5, 0.6) is 11.6 Å². The third kappa shape index (κ3) is 3.02. The molecule has 0 atom stereocenters. The van der Waals surface area contributed by atoms with Crippen LogP contribution in [0.3, 0.4) is 0 Å². The fraction of sp³-hybridized carbons (Fsp3) is 0.333. The minimum atomic E-state index is 0.174. The van der Waals surface area contributed by atoms with Crippen LogP contribution in [0.15, 0.2) is 18.2 Å². The molecular weight excluding hydrogens is 274 g/mol. The van der Waals surface area contributed by atoms with Crippen LogP contribution in [-0.4, -0.2) is 9.97 Å². The van der Waals surface area contributed by atoms with Crippen LogP contribution in [0.25, 0.3) is 0 Å². The lowest BCUT2D eigenvalue weighted by Crippen LogP contribution is -2.06. The van der Waals surface area contributed by atoms with Gasteiger partial charge in [0, 0.05) is 5.92 Å². The summed E-state index contributed by atoms with van der Waals surface area (Å²) in [5.74, 6) is 2.29. The number of halogens is 1. The number of aromatic nitrogens is 2. The molecule has 5 heteroatoms. The zero-order valence-corrected chi connectivity index (χ0v) is 12.8. The van der Waals surface area contributed by atoms with Crippen LogP contribution in [0.4, 0.5) is 5.82 Å². The van der Waals surface area contributed by atoms with E-state index in [1.54, 1.807) is 6.07 Å². The van der Waals surface area contributed by atoms with Gasteiger partial charge in [0.1, 0.15) is 17.4 Å². The quantitative estimate of drug-likeness (QED) is 0.918. The Balaban J connectivity index is 2.45. The van der Waals surface area contributed by atoms with Crippen molar-refractivity contribution in [3.63, 3.8) is 0 Å². The number of hydrogen-bond acceptors (Lipinski definition) is 4. The van der Waals surface area contributed by atoms with E-state index in [4.69, 9.17) is 22.1 Å². The van der Waals surface area contributed by atoms with Gasteiger partial charge in [0.05, 0.1) is 10.6 Å². The molecule has 20 heavy (non-hydrogen) atoms. The van der Waals surface area contributed by atoms with Crippen LogP contribution >= 0.6 is 11.6 Å². The second kappa shape index (κ2) is 5.67. The second-order valence-corrected chi connectivity index (χ2v) is 5.50. The fourth-order valence-electron chi connectivity index (χ4n) is 1.68. The van der Waals surface area contributed by atoms with Gasteiger partial charge in [-0.3, -0.25) is 0 Å². The number of nitrogens with two attached hydrogens (primary N) is 1. The molecule has 1 aromatic carbocycles. The van der Waals surface area contributed by atoms with Crippen LogP contribution in [0, 0.1) is 13.8 Å². The average molecular weight is 292 g/mol. The molecule has 0 bridgehead atoms. The molecule has 2 rings (SSSR count). The monoisotopic (exact) mass is 291 g/mol. The lowest BCUT2D eigenvalue weighted by molar-refractivity contribution is 0.453. The summed E-state index contributed by atoms with van der Waals surface area (Å²) in [6.07, 6.45) is 0. The summed E-state index contributed by atoms with van der Waals surface area (Å²) in [6.45, 7) is 7.82. The molecule has 2 N–H and O–H groups in total. The van der Waals surface area contributed by atoms with E-state index in [-0.39, 0.29) is 5.92 Å². The number of ether oxygens (including phenoxy) is 1. The molecule has 1 heterocycles. The van der Waals surface area contributed by atoms with Gasteiger partial charge >= 0.3 is 0 Å². The highest BCUT2D eigenvalue weighted by atomic mass is 35.5. The van der Waals surface area contributed by atoms with Crippen molar-refractivity contribution in [3.05, 3.63) is 40.2 Å². The molecule has 0 saturated carbocycles. The average Bonchev–Trinajstić information content (AvgIpc) is 2.38. The van der Waals surface area contributed by atoms with E-state index in [0.717, 1.165) is 5.56 Å². The maximum Gasteiger partial charge on any atom is 0.227 e. The van der Waals surface area contributed by atoms with Gasteiger partial charge in [0.25, 0.3) is 0 Å². The first-order chi connectivity index (χ1) is 9.38. The molecule has 0 spiro atoms. The topological polar surface area (TPSA) is 61.0 Å². The fourth-order valence-corrected chi connectivity index (χ4v) is 1.84. The van der Waals surface area contributed by atoms with Gasteiger partial charge < -0.3 is 10.5 Å². The van der Waals surface area contributed by atoms with Crippen LogP contribution < -0.4 is 10.5 Å². The molecule has 2 aromatic rings. The lowest BCUT2D eigenvalue weighted by atomic mass is 10.2. The highest BCUT2D eigenvalue weighted by Gasteiger charge is 2.14. The minimum absolute atomic E-state index is 0.174. The number of anilines is 1. The van der Waals surface area contributed by atoms with E-state index in [1.807, 2.05) is 39.8 Å². The Kier molecular flexibility index (Phi) is 4.14. The van der Waals surface area contributed by atoms with Crippen molar-refractivity contribution < 1.29 is 4.74 Å². The molecule has 106 valence electrons. The Morgan fingerprint density at radius 1 is 1.20 bits per heavy atom. The maximum atomic E-state index is 6.14. The predicted octanol–water partition coefficient (Wildman–Crippen LogP) is 4.24.